The zero-order valence-corrected chi connectivity index (χ0v) is 17.1. The first-order chi connectivity index (χ1) is 13.3. The molecule has 160 valence electrons. The van der Waals surface area contributed by atoms with Gasteiger partial charge in [0.25, 0.3) is 5.91 Å². The summed E-state index contributed by atoms with van der Waals surface area (Å²) in [5, 5.41) is 0. The number of ether oxygens (including phenoxy) is 2. The van der Waals surface area contributed by atoms with Gasteiger partial charge < -0.3 is 19.3 Å². The van der Waals surface area contributed by atoms with Gasteiger partial charge >= 0.3 is 12.5 Å². The summed E-state index contributed by atoms with van der Waals surface area (Å²) in [6, 6.07) is 2.48. The van der Waals surface area contributed by atoms with E-state index in [4.69, 9.17) is 4.74 Å². The highest BCUT2D eigenvalue weighted by Crippen LogP contribution is 2.43. The number of nitrogens with zero attached hydrogens (tertiary/aromatic N) is 2. The van der Waals surface area contributed by atoms with E-state index in [0.717, 1.165) is 0 Å². The van der Waals surface area contributed by atoms with Crippen LogP contribution in [0.25, 0.3) is 0 Å². The van der Waals surface area contributed by atoms with E-state index < -0.39 is 35.8 Å². The summed E-state index contributed by atoms with van der Waals surface area (Å²) in [6.45, 7) is 9.57. The third-order valence-electron chi connectivity index (χ3n) is 4.91. The molecule has 0 N–H and O–H groups in total. The van der Waals surface area contributed by atoms with Crippen LogP contribution >= 0.6 is 0 Å². The van der Waals surface area contributed by atoms with Gasteiger partial charge in [0.15, 0.2) is 0 Å². The van der Waals surface area contributed by atoms with Crippen molar-refractivity contribution < 1.29 is 32.2 Å². The molecule has 2 aliphatic heterocycles. The smallest absolute Gasteiger partial charge is 0.444 e. The highest BCUT2D eigenvalue weighted by atomic mass is 19.4. The topological polar surface area (TPSA) is 59.1 Å². The molecule has 0 aliphatic carbocycles. The molecule has 1 saturated heterocycles. The molecule has 9 heteroatoms. The van der Waals surface area contributed by atoms with Crippen LogP contribution in [0.15, 0.2) is 12.1 Å². The Morgan fingerprint density at radius 1 is 1.17 bits per heavy atom. The number of rotatable bonds is 2. The highest BCUT2D eigenvalue weighted by Gasteiger charge is 2.45. The molecule has 1 aromatic rings. The van der Waals surface area contributed by atoms with E-state index >= 15 is 0 Å². The molecule has 2 heterocycles. The molecule has 0 spiro atoms. The van der Waals surface area contributed by atoms with Crippen LogP contribution in [0, 0.1) is 0 Å². The van der Waals surface area contributed by atoms with Gasteiger partial charge in [-0.25, -0.2) is 4.79 Å². The number of carbonyl (C=O) groups is 2. The van der Waals surface area contributed by atoms with Crippen molar-refractivity contribution in [2.45, 2.75) is 58.5 Å². The van der Waals surface area contributed by atoms with E-state index in [2.05, 4.69) is 4.74 Å². The van der Waals surface area contributed by atoms with Gasteiger partial charge in [0.1, 0.15) is 11.4 Å². The summed E-state index contributed by atoms with van der Waals surface area (Å²) < 4.78 is 48.4. The number of carbonyl (C=O) groups excluding carboxylic acids is 2. The number of halogens is 3. The minimum atomic E-state index is -4.91. The number of benzene rings is 1. The first-order valence-electron chi connectivity index (χ1n) is 9.49. The molecule has 1 aromatic carbocycles. The Morgan fingerprint density at radius 2 is 1.83 bits per heavy atom. The fourth-order valence-electron chi connectivity index (χ4n) is 3.62. The Kier molecular flexibility index (Phi) is 5.21. The Balaban J connectivity index is 1.98. The lowest BCUT2D eigenvalue weighted by Gasteiger charge is -2.38. The second-order valence-electron chi connectivity index (χ2n) is 8.63. The minimum Gasteiger partial charge on any atom is -0.444 e. The van der Waals surface area contributed by atoms with Crippen LogP contribution in [0.3, 0.4) is 0 Å². The molecule has 2 amide bonds. The van der Waals surface area contributed by atoms with Gasteiger partial charge in [-0.3, -0.25) is 4.79 Å². The summed E-state index contributed by atoms with van der Waals surface area (Å²) in [5.41, 5.74) is 0.333. The molecule has 2 aliphatic rings. The van der Waals surface area contributed by atoms with Gasteiger partial charge in [0, 0.05) is 19.6 Å². The molecule has 29 heavy (non-hydrogen) atoms. The second kappa shape index (κ2) is 7.11. The zero-order valence-electron chi connectivity index (χ0n) is 17.1. The average molecular weight is 414 g/mol. The lowest BCUT2D eigenvalue weighted by molar-refractivity contribution is -0.274. The van der Waals surface area contributed by atoms with Gasteiger partial charge in [-0.05, 0) is 43.9 Å². The van der Waals surface area contributed by atoms with Crippen LogP contribution in [-0.2, 0) is 4.74 Å². The van der Waals surface area contributed by atoms with Gasteiger partial charge in [0.2, 0.25) is 0 Å². The summed E-state index contributed by atoms with van der Waals surface area (Å²) in [7, 11) is 0. The van der Waals surface area contributed by atoms with Crippen LogP contribution < -0.4 is 4.74 Å². The fourth-order valence-corrected chi connectivity index (χ4v) is 3.62. The van der Waals surface area contributed by atoms with E-state index in [1.54, 1.807) is 26.8 Å². The molecule has 1 atom stereocenters. The van der Waals surface area contributed by atoms with Crippen molar-refractivity contribution in [2.75, 3.05) is 19.6 Å². The molecular weight excluding hydrogens is 389 g/mol. The number of amides is 2. The van der Waals surface area contributed by atoms with Crippen molar-refractivity contribution in [3.8, 4) is 5.75 Å². The summed E-state index contributed by atoms with van der Waals surface area (Å²) >= 11 is 0. The third kappa shape index (κ3) is 4.43. The minimum absolute atomic E-state index is 0.0643. The molecular formula is C20H25F3N2O4. The maximum Gasteiger partial charge on any atom is 0.573 e. The Hall–Kier alpha value is -2.45. The number of hydrogen-bond donors (Lipinski definition) is 0. The van der Waals surface area contributed by atoms with Crippen molar-refractivity contribution in [1.29, 1.82) is 0 Å². The summed E-state index contributed by atoms with van der Waals surface area (Å²) in [6.07, 6.45) is -5.42. The monoisotopic (exact) mass is 414 g/mol. The van der Waals surface area contributed by atoms with E-state index in [1.807, 2.05) is 13.8 Å². The zero-order chi connectivity index (χ0) is 21.7. The maximum absolute atomic E-state index is 12.9. The third-order valence-corrected chi connectivity index (χ3v) is 4.91. The van der Waals surface area contributed by atoms with Gasteiger partial charge in [-0.15, -0.1) is 13.2 Å². The predicted octanol–water partition coefficient (Wildman–Crippen LogP) is 4.46. The predicted molar refractivity (Wildman–Crippen MR) is 98.8 cm³/mol. The molecule has 1 fully saturated rings. The molecule has 0 aromatic heterocycles. The molecule has 3 rings (SSSR count). The number of piperazine rings is 1. The van der Waals surface area contributed by atoms with Crippen molar-refractivity contribution in [3.05, 3.63) is 28.8 Å². The van der Waals surface area contributed by atoms with Gasteiger partial charge in [0.05, 0.1) is 11.6 Å². The first kappa shape index (κ1) is 21.3. The van der Waals surface area contributed by atoms with Crippen molar-refractivity contribution >= 4 is 12.0 Å². The van der Waals surface area contributed by atoms with Gasteiger partial charge in [-0.1, -0.05) is 19.9 Å². The summed E-state index contributed by atoms with van der Waals surface area (Å²) in [4.78, 5) is 28.3. The Labute approximate surface area is 167 Å². The lowest BCUT2D eigenvalue weighted by atomic mass is 9.94. The number of fused-ring (bicyclic) bond motifs is 3. The quantitative estimate of drug-likeness (QED) is 0.717. The summed E-state index contributed by atoms with van der Waals surface area (Å²) in [5.74, 6) is -1.06. The first-order valence-corrected chi connectivity index (χ1v) is 9.49. The Bertz CT molecular complexity index is 830. The van der Waals surface area contributed by atoms with Gasteiger partial charge in [-0.2, -0.15) is 0 Å². The van der Waals surface area contributed by atoms with Crippen LogP contribution in [0.1, 0.15) is 68.1 Å². The number of hydrogen-bond acceptors (Lipinski definition) is 4. The van der Waals surface area contributed by atoms with Crippen molar-refractivity contribution in [2.24, 2.45) is 0 Å². The largest absolute Gasteiger partial charge is 0.573 e. The van der Waals surface area contributed by atoms with Crippen molar-refractivity contribution in [1.82, 2.24) is 9.80 Å². The molecule has 6 nitrogen and oxygen atoms in total. The van der Waals surface area contributed by atoms with Crippen LogP contribution in [0.5, 0.6) is 5.75 Å². The normalized spacial score (nSPS) is 19.3. The van der Waals surface area contributed by atoms with Crippen molar-refractivity contribution in [3.63, 3.8) is 0 Å². The Morgan fingerprint density at radius 3 is 2.38 bits per heavy atom. The fraction of sp³-hybridized carbons (Fsp3) is 0.600. The van der Waals surface area contributed by atoms with E-state index in [-0.39, 0.29) is 31.1 Å². The highest BCUT2D eigenvalue weighted by molar-refractivity contribution is 6.02. The standard InChI is InChI=1S/C20H25F3N2O4/c1-11(2)12-8-13-14-10-24(18(27)29-19(3,4)5)6-7-25(14)17(26)16(13)15(9-12)28-20(21,22)23/h8-9,11,14H,6-7,10H2,1-5H3. The van der Waals surface area contributed by atoms with E-state index in [9.17, 15) is 22.8 Å². The van der Waals surface area contributed by atoms with Crippen LogP contribution in [-0.4, -0.2) is 53.4 Å². The molecule has 0 saturated carbocycles. The van der Waals surface area contributed by atoms with Crippen LogP contribution in [0.2, 0.25) is 0 Å². The number of alkyl halides is 3. The van der Waals surface area contributed by atoms with E-state index in [1.165, 1.54) is 15.9 Å². The molecule has 1 unspecified atom stereocenters. The lowest BCUT2D eigenvalue weighted by Crippen LogP contribution is -2.50. The van der Waals surface area contributed by atoms with Crippen LogP contribution in [0.4, 0.5) is 18.0 Å². The second-order valence-corrected chi connectivity index (χ2v) is 8.63. The average Bonchev–Trinajstić information content (AvgIpc) is 2.84. The van der Waals surface area contributed by atoms with E-state index in [0.29, 0.717) is 11.1 Å². The molecule has 0 bridgehead atoms. The maximum atomic E-state index is 12.9. The SMILES string of the molecule is CC(C)c1cc(OC(F)(F)F)c2c(c1)C1CN(C(=O)OC(C)(C)C)CCN1C2=O. The molecule has 0 radical (unpaired) electrons.